The van der Waals surface area contributed by atoms with E-state index in [1.807, 2.05) is 12.1 Å². The molecule has 35 heavy (non-hydrogen) atoms. The average molecular weight is 472 g/mol. The number of hydrazone groups is 1. The molecule has 0 bridgehead atoms. The molecule has 4 aromatic rings. The van der Waals surface area contributed by atoms with Crippen molar-refractivity contribution < 1.29 is 19.7 Å². The number of para-hydroxylation sites is 1. The Morgan fingerprint density at radius 2 is 1.69 bits per heavy atom. The van der Waals surface area contributed by atoms with Crippen molar-refractivity contribution in [2.24, 2.45) is 5.10 Å². The first-order chi connectivity index (χ1) is 16.8. The Balaban J connectivity index is 1.74. The number of anilines is 1. The van der Waals surface area contributed by atoms with Gasteiger partial charge in [0.2, 0.25) is 0 Å². The first kappa shape index (κ1) is 23.1. The van der Waals surface area contributed by atoms with Crippen LogP contribution in [0.4, 0.5) is 17.1 Å². The van der Waals surface area contributed by atoms with Gasteiger partial charge in [0.15, 0.2) is 0 Å². The van der Waals surface area contributed by atoms with E-state index in [1.165, 1.54) is 6.07 Å². The molecule has 2 N–H and O–H groups in total. The number of aromatic amines is 1. The van der Waals surface area contributed by atoms with E-state index in [0.29, 0.717) is 16.8 Å². The smallest absolute Gasteiger partial charge is 0.301 e. The predicted octanol–water partition coefficient (Wildman–Crippen LogP) is 3.72. The molecule has 0 aliphatic heterocycles. The summed E-state index contributed by atoms with van der Waals surface area (Å²) in [5.74, 6) is -2.38. The number of nitro groups is 2. The number of aromatic nitrogens is 1. The van der Waals surface area contributed by atoms with Gasteiger partial charge in [-0.3, -0.25) is 25.7 Å². The predicted molar refractivity (Wildman–Crippen MR) is 127 cm³/mol. The van der Waals surface area contributed by atoms with Gasteiger partial charge < -0.3 is 14.9 Å². The highest BCUT2D eigenvalue weighted by Crippen LogP contribution is 2.31. The summed E-state index contributed by atoms with van der Waals surface area (Å²) in [6, 6.07) is 19.1. The number of carboxylic acid groups (broad SMARTS) is 1. The normalized spacial score (nSPS) is 12.3. The van der Waals surface area contributed by atoms with Gasteiger partial charge in [0.25, 0.3) is 5.69 Å². The largest absolute Gasteiger partial charge is 0.549 e. The maximum absolute atomic E-state index is 12.2. The van der Waals surface area contributed by atoms with Gasteiger partial charge in [-0.05, 0) is 23.3 Å². The number of carbonyl (C=O) groups excluding carboxylic acids is 1. The summed E-state index contributed by atoms with van der Waals surface area (Å²) in [5, 5.41) is 39.7. The molecule has 0 aliphatic carbocycles. The molecule has 0 unspecified atom stereocenters. The molecule has 0 amide bonds. The first-order valence-electron chi connectivity index (χ1n) is 10.4. The Labute approximate surface area is 198 Å². The van der Waals surface area contributed by atoms with Gasteiger partial charge in [-0.15, -0.1) is 0 Å². The number of carboxylic acids is 1. The van der Waals surface area contributed by atoms with Gasteiger partial charge in [0.05, 0.1) is 21.6 Å². The number of benzene rings is 3. The summed E-state index contributed by atoms with van der Waals surface area (Å²) in [5.41, 5.74) is 3.72. The third-order valence-electron chi connectivity index (χ3n) is 5.49. The number of carbonyl (C=O) groups is 1. The van der Waals surface area contributed by atoms with Crippen LogP contribution in [0.5, 0.6) is 0 Å². The van der Waals surface area contributed by atoms with E-state index in [1.54, 1.807) is 48.7 Å². The van der Waals surface area contributed by atoms with Gasteiger partial charge >= 0.3 is 5.69 Å². The lowest BCUT2D eigenvalue weighted by atomic mass is 9.91. The second-order valence-electron chi connectivity index (χ2n) is 7.62. The lowest BCUT2D eigenvalue weighted by Gasteiger charge is -2.19. The number of hydrogen-bond acceptors (Lipinski definition) is 8. The minimum Gasteiger partial charge on any atom is -0.549 e. The van der Waals surface area contributed by atoms with Crippen molar-refractivity contribution in [2.45, 2.75) is 12.3 Å². The lowest BCUT2D eigenvalue weighted by molar-refractivity contribution is -0.393. The zero-order valence-electron chi connectivity index (χ0n) is 18.1. The van der Waals surface area contributed by atoms with Crippen LogP contribution in [-0.4, -0.2) is 26.5 Å². The molecule has 1 atom stereocenters. The number of hydrogen-bond donors (Lipinski definition) is 2. The maximum atomic E-state index is 12.2. The van der Waals surface area contributed by atoms with E-state index in [2.05, 4.69) is 15.5 Å². The van der Waals surface area contributed by atoms with Crippen molar-refractivity contribution >= 4 is 39.6 Å². The second-order valence-corrected chi connectivity index (χ2v) is 7.62. The van der Waals surface area contributed by atoms with Crippen LogP contribution in [0.25, 0.3) is 10.9 Å². The standard InChI is InChI=1S/C24H19N5O6/c30-24(31)18(19-14-25-20-9-5-4-8-17(19)20)13-22(15-6-2-1-3-7-15)27-26-21-11-10-16(28(32)33)12-23(21)29(34)35/h1-12,14,18,25-26H,13H2,(H,30,31)/p-1/b27-22+/t18-/m1/s1. The van der Waals surface area contributed by atoms with Crippen LogP contribution >= 0.6 is 0 Å². The number of nitrogens with one attached hydrogen (secondary N) is 2. The maximum Gasteiger partial charge on any atom is 0.301 e. The van der Waals surface area contributed by atoms with Crippen molar-refractivity contribution in [3.8, 4) is 0 Å². The third kappa shape index (κ3) is 4.98. The van der Waals surface area contributed by atoms with Crippen molar-refractivity contribution in [2.75, 3.05) is 5.43 Å². The molecule has 0 saturated carbocycles. The zero-order chi connectivity index (χ0) is 24.9. The summed E-state index contributed by atoms with van der Waals surface area (Å²) >= 11 is 0. The fraction of sp³-hybridized carbons (Fsp3) is 0.0833. The topological polar surface area (TPSA) is 167 Å². The van der Waals surface area contributed by atoms with Crippen LogP contribution < -0.4 is 10.5 Å². The summed E-state index contributed by atoms with van der Waals surface area (Å²) in [6.07, 6.45) is 1.53. The number of nitro benzene ring substituents is 2. The molecule has 0 aliphatic rings. The van der Waals surface area contributed by atoms with Crippen molar-refractivity contribution in [1.82, 2.24) is 4.98 Å². The molecular formula is C24H18N5O6-. The number of non-ortho nitro benzene ring substituents is 1. The molecule has 11 nitrogen and oxygen atoms in total. The zero-order valence-corrected chi connectivity index (χ0v) is 18.1. The van der Waals surface area contributed by atoms with E-state index in [9.17, 15) is 30.1 Å². The van der Waals surface area contributed by atoms with Gasteiger partial charge in [-0.25, -0.2) is 0 Å². The molecular weight excluding hydrogens is 454 g/mol. The second kappa shape index (κ2) is 9.83. The van der Waals surface area contributed by atoms with E-state index < -0.39 is 33.1 Å². The van der Waals surface area contributed by atoms with Crippen molar-refractivity contribution in [3.63, 3.8) is 0 Å². The fourth-order valence-corrected chi connectivity index (χ4v) is 3.76. The summed E-state index contributed by atoms with van der Waals surface area (Å²) in [4.78, 5) is 36.2. The summed E-state index contributed by atoms with van der Waals surface area (Å²) in [6.45, 7) is 0. The fourth-order valence-electron chi connectivity index (χ4n) is 3.76. The Bertz CT molecular complexity index is 1450. The molecule has 1 heterocycles. The molecule has 0 radical (unpaired) electrons. The number of rotatable bonds is 9. The third-order valence-corrected chi connectivity index (χ3v) is 5.49. The van der Waals surface area contributed by atoms with Crippen molar-refractivity contribution in [3.05, 3.63) is 110 Å². The molecule has 3 aromatic carbocycles. The minimum atomic E-state index is -1.31. The highest BCUT2D eigenvalue weighted by Gasteiger charge is 2.22. The van der Waals surface area contributed by atoms with E-state index in [-0.39, 0.29) is 12.1 Å². The van der Waals surface area contributed by atoms with Crippen LogP contribution in [-0.2, 0) is 4.79 Å². The first-order valence-corrected chi connectivity index (χ1v) is 10.4. The van der Waals surface area contributed by atoms with Crippen LogP contribution in [0.1, 0.15) is 23.5 Å². The van der Waals surface area contributed by atoms with E-state index in [0.717, 1.165) is 23.0 Å². The van der Waals surface area contributed by atoms with E-state index in [4.69, 9.17) is 0 Å². The summed E-state index contributed by atoms with van der Waals surface area (Å²) < 4.78 is 0. The highest BCUT2D eigenvalue weighted by atomic mass is 16.6. The Kier molecular flexibility index (Phi) is 6.49. The molecule has 4 rings (SSSR count). The highest BCUT2D eigenvalue weighted by molar-refractivity contribution is 6.04. The van der Waals surface area contributed by atoms with Crippen LogP contribution in [0.2, 0.25) is 0 Å². The lowest BCUT2D eigenvalue weighted by Crippen LogP contribution is -2.31. The van der Waals surface area contributed by atoms with Gasteiger partial charge in [-0.2, -0.15) is 5.10 Å². The van der Waals surface area contributed by atoms with Crippen molar-refractivity contribution in [1.29, 1.82) is 0 Å². The van der Waals surface area contributed by atoms with Gasteiger partial charge in [-0.1, -0.05) is 48.5 Å². The molecule has 0 saturated heterocycles. The van der Waals surface area contributed by atoms with Crippen LogP contribution in [0.15, 0.2) is 84.1 Å². The quantitative estimate of drug-likeness (QED) is 0.213. The number of H-pyrrole nitrogens is 1. The van der Waals surface area contributed by atoms with Crippen LogP contribution in [0.3, 0.4) is 0 Å². The number of aliphatic carboxylic acids is 1. The number of fused-ring (bicyclic) bond motifs is 1. The molecule has 0 fully saturated rings. The molecule has 11 heteroatoms. The molecule has 1 aromatic heterocycles. The Hall–Kier alpha value is -5.06. The SMILES string of the molecule is O=C([O-])[C@H](C/C(=N\Nc1ccc([N+](=O)[O-])cc1[N+](=O)[O-])c1ccccc1)c1c[nH]c2ccccc12. The summed E-state index contributed by atoms with van der Waals surface area (Å²) in [7, 11) is 0. The Morgan fingerprint density at radius 1 is 0.971 bits per heavy atom. The average Bonchev–Trinajstić information content (AvgIpc) is 3.28. The van der Waals surface area contributed by atoms with Gasteiger partial charge in [0, 0.05) is 41.5 Å². The molecule has 176 valence electrons. The van der Waals surface area contributed by atoms with Gasteiger partial charge in [0.1, 0.15) is 5.69 Å². The molecule has 0 spiro atoms. The minimum absolute atomic E-state index is 0.0777. The number of nitrogens with zero attached hydrogens (tertiary/aromatic N) is 3. The van der Waals surface area contributed by atoms with Crippen LogP contribution in [0, 0.1) is 20.2 Å². The van der Waals surface area contributed by atoms with E-state index >= 15 is 0 Å². The monoisotopic (exact) mass is 472 g/mol. The Morgan fingerprint density at radius 3 is 2.37 bits per heavy atom.